The van der Waals surface area contributed by atoms with E-state index in [1.54, 1.807) is 24.7 Å². The molecule has 0 bridgehead atoms. The smallest absolute Gasteiger partial charge is 0.277 e. The van der Waals surface area contributed by atoms with Gasteiger partial charge >= 0.3 is 0 Å². The van der Waals surface area contributed by atoms with Gasteiger partial charge in [0.2, 0.25) is 0 Å². The fraction of sp³-hybridized carbons (Fsp3) is 0.0769. The fourth-order valence-corrected chi connectivity index (χ4v) is 2.80. The predicted molar refractivity (Wildman–Crippen MR) is 81.3 cm³/mol. The second-order valence-corrected chi connectivity index (χ2v) is 5.68. The second kappa shape index (κ2) is 6.43. The van der Waals surface area contributed by atoms with Crippen LogP contribution in [0.3, 0.4) is 0 Å². The number of aromatic nitrogens is 4. The summed E-state index contributed by atoms with van der Waals surface area (Å²) in [5.41, 5.74) is 1.45. The van der Waals surface area contributed by atoms with Gasteiger partial charge in [0.1, 0.15) is 5.69 Å². The maximum absolute atomic E-state index is 6.13. The molecule has 0 unspecified atom stereocenters. The monoisotopic (exact) mass is 338 g/mol. The summed E-state index contributed by atoms with van der Waals surface area (Å²) in [4.78, 5) is 8.06. The predicted octanol–water partition coefficient (Wildman–Crippen LogP) is 4.13. The van der Waals surface area contributed by atoms with Gasteiger partial charge in [-0.1, -0.05) is 47.1 Å². The van der Waals surface area contributed by atoms with Crippen molar-refractivity contribution in [3.63, 3.8) is 0 Å². The molecule has 3 aromatic rings. The molecule has 0 fully saturated rings. The summed E-state index contributed by atoms with van der Waals surface area (Å²) in [6, 6.07) is 5.50. The normalized spacial score (nSPS) is 10.8. The van der Waals surface area contributed by atoms with E-state index in [0.29, 0.717) is 32.6 Å². The van der Waals surface area contributed by atoms with E-state index in [1.165, 1.54) is 11.8 Å². The molecule has 0 aliphatic carbocycles. The minimum absolute atomic E-state index is 0.336. The first-order valence-corrected chi connectivity index (χ1v) is 7.64. The van der Waals surface area contributed by atoms with E-state index in [-0.39, 0.29) is 0 Å². The van der Waals surface area contributed by atoms with Crippen LogP contribution in [0.15, 0.2) is 46.4 Å². The van der Waals surface area contributed by atoms with E-state index in [4.69, 9.17) is 27.6 Å². The van der Waals surface area contributed by atoms with Crippen LogP contribution in [0.5, 0.6) is 0 Å². The van der Waals surface area contributed by atoms with Crippen LogP contribution < -0.4 is 0 Å². The van der Waals surface area contributed by atoms with Crippen LogP contribution in [-0.4, -0.2) is 20.2 Å². The molecule has 0 spiro atoms. The lowest BCUT2D eigenvalue weighted by atomic mass is 10.2. The highest BCUT2D eigenvalue weighted by atomic mass is 35.5. The van der Waals surface area contributed by atoms with Gasteiger partial charge in [-0.05, 0) is 11.6 Å². The molecule has 8 heteroatoms. The zero-order chi connectivity index (χ0) is 14.7. The molecule has 0 atom stereocenters. The third kappa shape index (κ3) is 3.34. The van der Waals surface area contributed by atoms with E-state index in [9.17, 15) is 0 Å². The van der Waals surface area contributed by atoms with Gasteiger partial charge < -0.3 is 4.42 Å². The maximum Gasteiger partial charge on any atom is 0.277 e. The Morgan fingerprint density at radius 2 is 2.05 bits per heavy atom. The van der Waals surface area contributed by atoms with E-state index in [0.717, 1.165) is 5.56 Å². The van der Waals surface area contributed by atoms with Gasteiger partial charge in [0.15, 0.2) is 0 Å². The van der Waals surface area contributed by atoms with E-state index in [2.05, 4.69) is 20.2 Å². The van der Waals surface area contributed by atoms with E-state index < -0.39 is 0 Å². The third-order valence-corrected chi connectivity index (χ3v) is 4.30. The average molecular weight is 339 g/mol. The van der Waals surface area contributed by atoms with Gasteiger partial charge in [0.05, 0.1) is 16.2 Å². The van der Waals surface area contributed by atoms with Crippen molar-refractivity contribution in [3.05, 3.63) is 52.4 Å². The molecule has 0 aliphatic rings. The topological polar surface area (TPSA) is 64.7 Å². The van der Waals surface area contributed by atoms with E-state index >= 15 is 0 Å². The lowest BCUT2D eigenvalue weighted by Gasteiger charge is -2.03. The number of rotatable bonds is 4. The van der Waals surface area contributed by atoms with Crippen LogP contribution in [-0.2, 0) is 5.75 Å². The number of nitrogens with zero attached hydrogens (tertiary/aromatic N) is 4. The molecule has 1 aromatic carbocycles. The lowest BCUT2D eigenvalue weighted by Crippen LogP contribution is -1.83. The lowest BCUT2D eigenvalue weighted by molar-refractivity contribution is 0.464. The van der Waals surface area contributed by atoms with Crippen molar-refractivity contribution in [2.45, 2.75) is 11.0 Å². The number of hydrogen-bond acceptors (Lipinski definition) is 6. The van der Waals surface area contributed by atoms with Gasteiger partial charge in [0, 0.05) is 18.1 Å². The Morgan fingerprint density at radius 1 is 1.14 bits per heavy atom. The summed E-state index contributed by atoms with van der Waals surface area (Å²) in [5, 5.41) is 9.41. The SMILES string of the molecule is Clc1cccc(CSc2nnc(-c3cnccn3)o2)c1Cl. The standard InChI is InChI=1S/C13H8Cl2N4OS/c14-9-3-1-2-8(11(9)15)7-21-13-19-18-12(20-13)10-6-16-4-5-17-10/h1-6H,7H2. The van der Waals surface area contributed by atoms with Crippen molar-refractivity contribution in [1.29, 1.82) is 0 Å². The molecule has 2 heterocycles. The molecule has 0 N–H and O–H groups in total. The Bertz CT molecular complexity index is 751. The molecular formula is C13H8Cl2N4OS. The van der Waals surface area contributed by atoms with Crippen molar-refractivity contribution in [3.8, 4) is 11.6 Å². The average Bonchev–Trinajstić information content (AvgIpc) is 2.99. The molecule has 106 valence electrons. The summed E-state index contributed by atoms with van der Waals surface area (Å²) in [5.74, 6) is 0.921. The van der Waals surface area contributed by atoms with Crippen LogP contribution in [0.2, 0.25) is 10.0 Å². The molecule has 0 saturated carbocycles. The summed E-state index contributed by atoms with van der Waals surface area (Å²) in [7, 11) is 0. The largest absolute Gasteiger partial charge is 0.410 e. The van der Waals surface area contributed by atoms with Gasteiger partial charge in [-0.3, -0.25) is 4.98 Å². The van der Waals surface area contributed by atoms with Crippen LogP contribution in [0.1, 0.15) is 5.56 Å². The Balaban J connectivity index is 1.72. The molecule has 0 saturated heterocycles. The minimum Gasteiger partial charge on any atom is -0.410 e. The summed E-state index contributed by atoms with van der Waals surface area (Å²) >= 11 is 13.5. The fourth-order valence-electron chi connectivity index (χ4n) is 1.58. The second-order valence-electron chi connectivity index (χ2n) is 3.97. The first kappa shape index (κ1) is 14.3. The molecule has 0 aliphatic heterocycles. The summed E-state index contributed by atoms with van der Waals surface area (Å²) in [6.07, 6.45) is 4.71. The quantitative estimate of drug-likeness (QED) is 0.666. The number of hydrogen-bond donors (Lipinski definition) is 0. The van der Waals surface area contributed by atoms with Crippen LogP contribution in [0.25, 0.3) is 11.6 Å². The van der Waals surface area contributed by atoms with Gasteiger partial charge in [-0.15, -0.1) is 10.2 Å². The van der Waals surface area contributed by atoms with Crippen molar-refractivity contribution < 1.29 is 4.42 Å². The van der Waals surface area contributed by atoms with Crippen molar-refractivity contribution in [1.82, 2.24) is 20.2 Å². The van der Waals surface area contributed by atoms with Crippen molar-refractivity contribution in [2.24, 2.45) is 0 Å². The summed E-state index contributed by atoms with van der Waals surface area (Å²) in [6.45, 7) is 0. The molecule has 0 radical (unpaired) electrons. The Morgan fingerprint density at radius 3 is 2.86 bits per heavy atom. The Hall–Kier alpha value is -1.63. The van der Waals surface area contributed by atoms with Crippen LogP contribution in [0.4, 0.5) is 0 Å². The van der Waals surface area contributed by atoms with Gasteiger partial charge in [-0.25, -0.2) is 4.98 Å². The molecule has 2 aromatic heterocycles. The van der Waals surface area contributed by atoms with Crippen LogP contribution >= 0.6 is 35.0 Å². The molecule has 21 heavy (non-hydrogen) atoms. The van der Waals surface area contributed by atoms with E-state index in [1.807, 2.05) is 12.1 Å². The molecule has 3 rings (SSSR count). The minimum atomic E-state index is 0.336. The highest BCUT2D eigenvalue weighted by Gasteiger charge is 2.11. The van der Waals surface area contributed by atoms with Crippen LogP contribution in [0, 0.1) is 0 Å². The summed E-state index contributed by atoms with van der Waals surface area (Å²) < 4.78 is 5.52. The van der Waals surface area contributed by atoms with Crippen molar-refractivity contribution in [2.75, 3.05) is 0 Å². The molecule has 0 amide bonds. The van der Waals surface area contributed by atoms with Gasteiger partial charge in [0.25, 0.3) is 11.1 Å². The molecule has 5 nitrogen and oxygen atoms in total. The highest BCUT2D eigenvalue weighted by molar-refractivity contribution is 7.98. The third-order valence-electron chi connectivity index (χ3n) is 2.57. The Kier molecular flexibility index (Phi) is 4.38. The molecular weight excluding hydrogens is 331 g/mol. The van der Waals surface area contributed by atoms with Crippen molar-refractivity contribution >= 4 is 35.0 Å². The maximum atomic E-state index is 6.13. The zero-order valence-corrected chi connectivity index (χ0v) is 12.9. The first-order chi connectivity index (χ1) is 10.2. The number of thioether (sulfide) groups is 1. The first-order valence-electron chi connectivity index (χ1n) is 5.89. The highest BCUT2D eigenvalue weighted by Crippen LogP contribution is 2.31. The number of benzene rings is 1. The van der Waals surface area contributed by atoms with Gasteiger partial charge in [-0.2, -0.15) is 0 Å². The Labute approximate surface area is 134 Å². The zero-order valence-electron chi connectivity index (χ0n) is 10.5. The number of halogens is 2.